The van der Waals surface area contributed by atoms with Gasteiger partial charge >= 0.3 is 6.18 Å². The first-order chi connectivity index (χ1) is 11.2. The number of amides is 1. The Kier molecular flexibility index (Phi) is 5.68. The highest BCUT2D eigenvalue weighted by Gasteiger charge is 2.38. The van der Waals surface area contributed by atoms with E-state index >= 15 is 0 Å². The van der Waals surface area contributed by atoms with Crippen molar-refractivity contribution in [2.24, 2.45) is 0 Å². The topological polar surface area (TPSA) is 64.7 Å². The van der Waals surface area contributed by atoms with Crippen molar-refractivity contribution in [1.29, 1.82) is 0 Å². The maximum absolute atomic E-state index is 12.9. The van der Waals surface area contributed by atoms with Crippen LogP contribution >= 0.6 is 15.9 Å². The van der Waals surface area contributed by atoms with Crippen LogP contribution in [-0.2, 0) is 17.5 Å². The highest BCUT2D eigenvalue weighted by atomic mass is 79.9. The Morgan fingerprint density at radius 1 is 1.46 bits per heavy atom. The predicted molar refractivity (Wildman–Crippen MR) is 84.2 cm³/mol. The van der Waals surface area contributed by atoms with E-state index in [4.69, 9.17) is 0 Å². The molecule has 0 aromatic carbocycles. The van der Waals surface area contributed by atoms with Gasteiger partial charge in [0.15, 0.2) is 5.69 Å². The van der Waals surface area contributed by atoms with Crippen LogP contribution in [0.5, 0.6) is 0 Å². The van der Waals surface area contributed by atoms with E-state index < -0.39 is 17.9 Å². The molecule has 1 unspecified atom stereocenters. The van der Waals surface area contributed by atoms with Gasteiger partial charge in [-0.2, -0.15) is 23.4 Å². The first-order valence-corrected chi connectivity index (χ1v) is 8.08. The number of alkyl halides is 3. The highest BCUT2D eigenvalue weighted by Crippen LogP contribution is 2.36. The smallest absolute Gasteiger partial charge is 0.354 e. The van der Waals surface area contributed by atoms with Crippen molar-refractivity contribution >= 4 is 21.8 Å². The summed E-state index contributed by atoms with van der Waals surface area (Å²) in [6.45, 7) is 4.03. The van der Waals surface area contributed by atoms with E-state index in [1.165, 1.54) is 13.8 Å². The third-order valence-electron chi connectivity index (χ3n) is 3.51. The van der Waals surface area contributed by atoms with Gasteiger partial charge in [0, 0.05) is 25.5 Å². The zero-order valence-corrected chi connectivity index (χ0v) is 14.7. The van der Waals surface area contributed by atoms with E-state index in [0.29, 0.717) is 19.5 Å². The Morgan fingerprint density at radius 3 is 2.71 bits per heavy atom. The summed E-state index contributed by atoms with van der Waals surface area (Å²) in [5, 5.41) is 10.3. The van der Waals surface area contributed by atoms with Crippen molar-refractivity contribution in [3.8, 4) is 0 Å². The van der Waals surface area contributed by atoms with Gasteiger partial charge in [-0.25, -0.2) is 0 Å². The Hall–Kier alpha value is -1.84. The number of hydrogen-bond acceptors (Lipinski definition) is 3. The normalized spacial score (nSPS) is 13.1. The monoisotopic (exact) mass is 407 g/mol. The van der Waals surface area contributed by atoms with Gasteiger partial charge in [-0.05, 0) is 42.3 Å². The van der Waals surface area contributed by atoms with Crippen LogP contribution in [0.4, 0.5) is 13.2 Å². The first-order valence-electron chi connectivity index (χ1n) is 7.28. The van der Waals surface area contributed by atoms with Crippen molar-refractivity contribution in [3.05, 3.63) is 34.3 Å². The summed E-state index contributed by atoms with van der Waals surface area (Å²) in [6.07, 6.45) is -0.435. The minimum absolute atomic E-state index is 0.145. The highest BCUT2D eigenvalue weighted by molar-refractivity contribution is 9.10. The van der Waals surface area contributed by atoms with Crippen LogP contribution in [0.15, 0.2) is 22.9 Å². The molecule has 0 radical (unpaired) electrons. The molecule has 2 aromatic heterocycles. The van der Waals surface area contributed by atoms with Crippen molar-refractivity contribution in [3.63, 3.8) is 0 Å². The molecule has 0 spiro atoms. The quantitative estimate of drug-likeness (QED) is 0.748. The van der Waals surface area contributed by atoms with E-state index in [1.807, 2.05) is 6.20 Å². The van der Waals surface area contributed by atoms with E-state index in [0.717, 1.165) is 4.68 Å². The minimum Gasteiger partial charge on any atom is -0.354 e. The average Bonchev–Trinajstić information content (AvgIpc) is 3.12. The maximum atomic E-state index is 12.9. The van der Waals surface area contributed by atoms with Gasteiger partial charge in [-0.3, -0.25) is 14.2 Å². The molecule has 2 aromatic rings. The van der Waals surface area contributed by atoms with E-state index in [1.54, 1.807) is 16.9 Å². The summed E-state index contributed by atoms with van der Waals surface area (Å²) in [5.41, 5.74) is -0.778. The molecule has 0 aliphatic rings. The van der Waals surface area contributed by atoms with Crippen LogP contribution in [0.1, 0.15) is 30.8 Å². The molecule has 0 saturated heterocycles. The molecule has 2 rings (SSSR count). The first kappa shape index (κ1) is 18.5. The van der Waals surface area contributed by atoms with Gasteiger partial charge in [-0.15, -0.1) is 0 Å². The standard InChI is InChI=1S/C14H17BrF3N5O/c1-9-11(15)12(14(16,17)18)21-23(9)10(2)13(24)19-5-3-7-22-8-4-6-20-22/h4,6,8,10H,3,5,7H2,1-2H3,(H,19,24). The lowest BCUT2D eigenvalue weighted by Gasteiger charge is -2.14. The lowest BCUT2D eigenvalue weighted by molar-refractivity contribution is -0.142. The molecule has 0 aliphatic carbocycles. The molecule has 0 saturated carbocycles. The van der Waals surface area contributed by atoms with E-state index in [-0.39, 0.29) is 16.1 Å². The average molecular weight is 408 g/mol. The summed E-state index contributed by atoms with van der Waals surface area (Å²) in [5.74, 6) is -0.387. The molecule has 1 N–H and O–H groups in total. The van der Waals surface area contributed by atoms with Gasteiger partial charge < -0.3 is 5.32 Å². The summed E-state index contributed by atoms with van der Waals surface area (Å²) in [7, 11) is 0. The number of hydrogen-bond donors (Lipinski definition) is 1. The molecule has 1 atom stereocenters. The molecule has 0 fully saturated rings. The predicted octanol–water partition coefficient (Wildman–Crippen LogP) is 2.94. The van der Waals surface area contributed by atoms with Crippen molar-refractivity contribution < 1.29 is 18.0 Å². The van der Waals surface area contributed by atoms with Crippen LogP contribution in [0.2, 0.25) is 0 Å². The fourth-order valence-electron chi connectivity index (χ4n) is 2.20. The van der Waals surface area contributed by atoms with Gasteiger partial charge in [0.25, 0.3) is 0 Å². The van der Waals surface area contributed by atoms with Crippen LogP contribution in [0.25, 0.3) is 0 Å². The molecular formula is C14H17BrF3N5O. The molecule has 2 heterocycles. The Balaban J connectivity index is 1.95. The third kappa shape index (κ3) is 4.16. The summed E-state index contributed by atoms with van der Waals surface area (Å²) in [6, 6.07) is 0.958. The number of nitrogens with one attached hydrogen (secondary N) is 1. The number of carbonyl (C=O) groups excluding carboxylic acids is 1. The van der Waals surface area contributed by atoms with Gasteiger partial charge in [-0.1, -0.05) is 0 Å². The Morgan fingerprint density at radius 2 is 2.17 bits per heavy atom. The fourth-order valence-corrected chi connectivity index (χ4v) is 2.69. The molecule has 0 aliphatic heterocycles. The molecule has 6 nitrogen and oxygen atoms in total. The maximum Gasteiger partial charge on any atom is 0.436 e. The second-order valence-electron chi connectivity index (χ2n) is 5.28. The molecule has 10 heteroatoms. The van der Waals surface area contributed by atoms with Gasteiger partial charge in [0.1, 0.15) is 6.04 Å². The largest absolute Gasteiger partial charge is 0.436 e. The SMILES string of the molecule is Cc1c(Br)c(C(F)(F)F)nn1C(C)C(=O)NCCCn1cccn1. The zero-order valence-electron chi connectivity index (χ0n) is 13.1. The van der Waals surface area contributed by atoms with Crippen LogP contribution < -0.4 is 5.32 Å². The number of nitrogens with zero attached hydrogens (tertiary/aromatic N) is 4. The van der Waals surface area contributed by atoms with Crippen molar-refractivity contribution in [2.75, 3.05) is 6.54 Å². The number of aromatic nitrogens is 4. The third-order valence-corrected chi connectivity index (χ3v) is 4.46. The van der Waals surface area contributed by atoms with Gasteiger partial charge in [0.2, 0.25) is 5.91 Å². The van der Waals surface area contributed by atoms with E-state index in [9.17, 15) is 18.0 Å². The van der Waals surface area contributed by atoms with Crippen LogP contribution in [-0.4, -0.2) is 32.0 Å². The molecule has 1 amide bonds. The number of halogens is 4. The van der Waals surface area contributed by atoms with Crippen molar-refractivity contribution in [2.45, 2.75) is 39.0 Å². The van der Waals surface area contributed by atoms with Crippen molar-refractivity contribution in [1.82, 2.24) is 24.9 Å². The summed E-state index contributed by atoms with van der Waals surface area (Å²) in [4.78, 5) is 12.1. The Bertz CT molecular complexity index is 696. The molecule has 132 valence electrons. The number of rotatable bonds is 6. The van der Waals surface area contributed by atoms with Crippen LogP contribution in [0.3, 0.4) is 0 Å². The number of aryl methyl sites for hydroxylation is 1. The second kappa shape index (κ2) is 7.37. The molecule has 0 bridgehead atoms. The minimum atomic E-state index is -4.57. The molecule has 24 heavy (non-hydrogen) atoms. The zero-order chi connectivity index (χ0) is 17.9. The lowest BCUT2D eigenvalue weighted by Crippen LogP contribution is -2.33. The van der Waals surface area contributed by atoms with Gasteiger partial charge in [0.05, 0.1) is 10.2 Å². The molecular weight excluding hydrogens is 391 g/mol. The van der Waals surface area contributed by atoms with E-state index in [2.05, 4.69) is 31.4 Å². The number of carbonyl (C=O) groups is 1. The Labute approximate surface area is 145 Å². The summed E-state index contributed by atoms with van der Waals surface area (Å²) < 4.78 is 41.3. The lowest BCUT2D eigenvalue weighted by atomic mass is 10.3. The second-order valence-corrected chi connectivity index (χ2v) is 6.07. The summed E-state index contributed by atoms with van der Waals surface area (Å²) >= 11 is 2.90. The fraction of sp³-hybridized carbons (Fsp3) is 0.500. The van der Waals surface area contributed by atoms with Crippen LogP contribution in [0, 0.1) is 6.92 Å².